The molecule has 0 bridgehead atoms. The highest BCUT2D eigenvalue weighted by Crippen LogP contribution is 2.16. The predicted molar refractivity (Wildman–Crippen MR) is 67.4 cm³/mol. The van der Waals surface area contributed by atoms with Crippen molar-refractivity contribution >= 4 is 11.6 Å². The number of hydrogen-bond acceptors (Lipinski definition) is 1. The standard InChI is InChI=1S/C13H20ClN/c1-4-12(5-2)15-9-11-7-6-10(3)13(14)8-11/h6-8,12,15H,4-5,9H2,1-3H3. The molecule has 0 spiro atoms. The number of aryl methyl sites for hydroxylation is 1. The van der Waals surface area contributed by atoms with Gasteiger partial charge in [-0.25, -0.2) is 0 Å². The third-order valence-corrected chi connectivity index (χ3v) is 3.22. The van der Waals surface area contributed by atoms with Crippen molar-refractivity contribution in [1.82, 2.24) is 5.32 Å². The van der Waals surface area contributed by atoms with Gasteiger partial charge in [-0.2, -0.15) is 0 Å². The minimum Gasteiger partial charge on any atom is -0.310 e. The minimum atomic E-state index is 0.616. The fourth-order valence-corrected chi connectivity index (χ4v) is 1.79. The normalized spacial score (nSPS) is 11.0. The first-order valence-electron chi connectivity index (χ1n) is 5.65. The van der Waals surface area contributed by atoms with Gasteiger partial charge in [0.1, 0.15) is 0 Å². The zero-order valence-electron chi connectivity index (χ0n) is 9.81. The summed E-state index contributed by atoms with van der Waals surface area (Å²) >= 11 is 6.07. The van der Waals surface area contributed by atoms with Crippen LogP contribution in [-0.2, 0) is 6.54 Å². The van der Waals surface area contributed by atoms with Gasteiger partial charge < -0.3 is 5.32 Å². The molecule has 0 aliphatic heterocycles. The summed E-state index contributed by atoms with van der Waals surface area (Å²) in [5.74, 6) is 0. The second-order valence-electron chi connectivity index (χ2n) is 3.98. The van der Waals surface area contributed by atoms with Crippen molar-refractivity contribution in [2.75, 3.05) is 0 Å². The van der Waals surface area contributed by atoms with Gasteiger partial charge >= 0.3 is 0 Å². The summed E-state index contributed by atoms with van der Waals surface area (Å²) in [4.78, 5) is 0. The molecule has 0 aliphatic carbocycles. The van der Waals surface area contributed by atoms with E-state index in [0.717, 1.165) is 17.1 Å². The molecule has 2 heteroatoms. The van der Waals surface area contributed by atoms with Gasteiger partial charge in [-0.15, -0.1) is 0 Å². The minimum absolute atomic E-state index is 0.616. The first kappa shape index (κ1) is 12.5. The quantitative estimate of drug-likeness (QED) is 0.801. The van der Waals surface area contributed by atoms with E-state index in [0.29, 0.717) is 6.04 Å². The van der Waals surface area contributed by atoms with E-state index in [4.69, 9.17) is 11.6 Å². The Morgan fingerprint density at radius 2 is 1.93 bits per heavy atom. The molecule has 0 radical (unpaired) electrons. The van der Waals surface area contributed by atoms with Crippen LogP contribution < -0.4 is 5.32 Å². The van der Waals surface area contributed by atoms with Gasteiger partial charge in [0, 0.05) is 17.6 Å². The molecule has 1 rings (SSSR count). The van der Waals surface area contributed by atoms with Gasteiger partial charge in [0.05, 0.1) is 0 Å². The molecule has 0 aliphatic rings. The van der Waals surface area contributed by atoms with Gasteiger partial charge in [-0.05, 0) is 37.0 Å². The Bertz CT molecular complexity index is 305. The highest BCUT2D eigenvalue weighted by molar-refractivity contribution is 6.31. The second-order valence-corrected chi connectivity index (χ2v) is 4.39. The lowest BCUT2D eigenvalue weighted by Crippen LogP contribution is -2.26. The Kier molecular flexibility index (Phi) is 5.13. The van der Waals surface area contributed by atoms with Gasteiger partial charge in [0.2, 0.25) is 0 Å². The molecule has 0 heterocycles. The van der Waals surface area contributed by atoms with Crippen LogP contribution in [0.4, 0.5) is 0 Å². The molecule has 84 valence electrons. The fourth-order valence-electron chi connectivity index (χ4n) is 1.59. The molecule has 0 saturated carbocycles. The molecular weight excluding hydrogens is 206 g/mol. The van der Waals surface area contributed by atoms with Crippen molar-refractivity contribution in [2.45, 2.75) is 46.2 Å². The number of hydrogen-bond donors (Lipinski definition) is 1. The molecule has 1 aromatic rings. The van der Waals surface area contributed by atoms with E-state index in [-0.39, 0.29) is 0 Å². The maximum Gasteiger partial charge on any atom is 0.0438 e. The van der Waals surface area contributed by atoms with E-state index in [1.54, 1.807) is 0 Å². The van der Waals surface area contributed by atoms with Crippen molar-refractivity contribution in [2.24, 2.45) is 0 Å². The maximum atomic E-state index is 6.07. The van der Waals surface area contributed by atoms with Crippen molar-refractivity contribution in [1.29, 1.82) is 0 Å². The van der Waals surface area contributed by atoms with Crippen molar-refractivity contribution in [3.63, 3.8) is 0 Å². The number of halogens is 1. The third-order valence-electron chi connectivity index (χ3n) is 2.82. The SMILES string of the molecule is CCC(CC)NCc1ccc(C)c(Cl)c1. The van der Waals surface area contributed by atoms with Crippen LogP contribution in [0.3, 0.4) is 0 Å². The largest absolute Gasteiger partial charge is 0.310 e. The van der Waals surface area contributed by atoms with Crippen LogP contribution in [0, 0.1) is 6.92 Å². The van der Waals surface area contributed by atoms with E-state index in [2.05, 4.69) is 31.3 Å². The Labute approximate surface area is 97.8 Å². The Hall–Kier alpha value is -0.530. The summed E-state index contributed by atoms with van der Waals surface area (Å²) in [6, 6.07) is 6.87. The summed E-state index contributed by atoms with van der Waals surface area (Å²) in [6.45, 7) is 7.36. The van der Waals surface area contributed by atoms with Gasteiger partial charge in [-0.1, -0.05) is 37.6 Å². The second kappa shape index (κ2) is 6.14. The monoisotopic (exact) mass is 225 g/mol. The van der Waals surface area contributed by atoms with Crippen LogP contribution in [0.2, 0.25) is 5.02 Å². The summed E-state index contributed by atoms with van der Waals surface area (Å²) in [5.41, 5.74) is 2.40. The number of rotatable bonds is 5. The summed E-state index contributed by atoms with van der Waals surface area (Å²) in [5, 5.41) is 4.38. The Morgan fingerprint density at radius 3 is 2.47 bits per heavy atom. The zero-order chi connectivity index (χ0) is 11.3. The predicted octanol–water partition coefficient (Wildman–Crippen LogP) is 3.93. The van der Waals surface area contributed by atoms with Crippen LogP contribution in [0.5, 0.6) is 0 Å². The van der Waals surface area contributed by atoms with Crippen molar-refractivity contribution in [3.8, 4) is 0 Å². The van der Waals surface area contributed by atoms with Gasteiger partial charge in [0.15, 0.2) is 0 Å². The summed E-state index contributed by atoms with van der Waals surface area (Å²) in [7, 11) is 0. The average Bonchev–Trinajstić information content (AvgIpc) is 2.24. The van der Waals surface area contributed by atoms with E-state index in [1.165, 1.54) is 18.4 Å². The first-order valence-corrected chi connectivity index (χ1v) is 6.03. The topological polar surface area (TPSA) is 12.0 Å². The third kappa shape index (κ3) is 3.84. The van der Waals surface area contributed by atoms with E-state index in [9.17, 15) is 0 Å². The number of benzene rings is 1. The van der Waals surface area contributed by atoms with Crippen LogP contribution in [0.25, 0.3) is 0 Å². The molecule has 15 heavy (non-hydrogen) atoms. The van der Waals surface area contributed by atoms with Crippen LogP contribution in [0.15, 0.2) is 18.2 Å². The lowest BCUT2D eigenvalue weighted by Gasteiger charge is -2.14. The van der Waals surface area contributed by atoms with Crippen LogP contribution >= 0.6 is 11.6 Å². The highest BCUT2D eigenvalue weighted by Gasteiger charge is 2.03. The molecular formula is C13H20ClN. The molecule has 0 aromatic heterocycles. The van der Waals surface area contributed by atoms with Crippen LogP contribution in [-0.4, -0.2) is 6.04 Å². The summed E-state index contributed by atoms with van der Waals surface area (Å²) in [6.07, 6.45) is 2.35. The lowest BCUT2D eigenvalue weighted by molar-refractivity contribution is 0.484. The molecule has 1 aromatic carbocycles. The average molecular weight is 226 g/mol. The smallest absolute Gasteiger partial charge is 0.0438 e. The summed E-state index contributed by atoms with van der Waals surface area (Å²) < 4.78 is 0. The van der Waals surface area contributed by atoms with E-state index >= 15 is 0 Å². The van der Waals surface area contributed by atoms with Crippen LogP contribution in [0.1, 0.15) is 37.8 Å². The van der Waals surface area contributed by atoms with Crippen molar-refractivity contribution in [3.05, 3.63) is 34.3 Å². The molecule has 0 saturated heterocycles. The Balaban J connectivity index is 2.54. The molecule has 0 amide bonds. The highest BCUT2D eigenvalue weighted by atomic mass is 35.5. The van der Waals surface area contributed by atoms with E-state index < -0.39 is 0 Å². The molecule has 1 nitrogen and oxygen atoms in total. The molecule has 1 N–H and O–H groups in total. The fraction of sp³-hybridized carbons (Fsp3) is 0.538. The van der Waals surface area contributed by atoms with E-state index in [1.807, 2.05) is 13.0 Å². The molecule has 0 fully saturated rings. The maximum absolute atomic E-state index is 6.07. The Morgan fingerprint density at radius 1 is 1.27 bits per heavy atom. The zero-order valence-corrected chi connectivity index (χ0v) is 10.6. The first-order chi connectivity index (χ1) is 7.17. The number of nitrogens with one attached hydrogen (secondary N) is 1. The molecule has 0 atom stereocenters. The lowest BCUT2D eigenvalue weighted by atomic mass is 10.1. The van der Waals surface area contributed by atoms with Gasteiger partial charge in [-0.3, -0.25) is 0 Å². The molecule has 0 unspecified atom stereocenters. The van der Waals surface area contributed by atoms with Gasteiger partial charge in [0.25, 0.3) is 0 Å². The van der Waals surface area contributed by atoms with Crippen molar-refractivity contribution < 1.29 is 0 Å².